The maximum Gasteiger partial charge on any atom is 0.237 e. The fourth-order valence-corrected chi connectivity index (χ4v) is 0.565. The van der Waals surface area contributed by atoms with Gasteiger partial charge in [-0.15, -0.1) is 6.42 Å². The second kappa shape index (κ2) is 4.75. The van der Waals surface area contributed by atoms with E-state index in [0.29, 0.717) is 0 Å². The standard InChI is InChI=1S/C8H14N2O/c1-4-7(5-2)10-8(11)6(3)9/h1,6-7H,5,9H2,2-3H3,(H,10,11). The number of rotatable bonds is 3. The van der Waals surface area contributed by atoms with Gasteiger partial charge >= 0.3 is 0 Å². The lowest BCUT2D eigenvalue weighted by molar-refractivity contribution is -0.122. The second-order valence-electron chi connectivity index (χ2n) is 2.42. The van der Waals surface area contributed by atoms with Crippen molar-refractivity contribution in [3.05, 3.63) is 0 Å². The Morgan fingerprint density at radius 2 is 2.36 bits per heavy atom. The molecule has 0 spiro atoms. The van der Waals surface area contributed by atoms with Crippen LogP contribution in [0.15, 0.2) is 0 Å². The lowest BCUT2D eigenvalue weighted by Crippen LogP contribution is -2.43. The minimum Gasteiger partial charge on any atom is -0.341 e. The molecule has 0 aliphatic carbocycles. The molecule has 0 heterocycles. The number of terminal acetylenes is 1. The number of nitrogens with two attached hydrogens (primary N) is 1. The van der Waals surface area contributed by atoms with Gasteiger partial charge in [0.2, 0.25) is 5.91 Å². The molecule has 0 aromatic carbocycles. The van der Waals surface area contributed by atoms with Gasteiger partial charge in [0.1, 0.15) is 0 Å². The number of carbonyl (C=O) groups excluding carboxylic acids is 1. The van der Waals surface area contributed by atoms with Gasteiger partial charge in [-0.2, -0.15) is 0 Å². The first kappa shape index (κ1) is 9.99. The summed E-state index contributed by atoms with van der Waals surface area (Å²) >= 11 is 0. The molecule has 0 aromatic rings. The lowest BCUT2D eigenvalue weighted by atomic mass is 10.2. The number of nitrogens with one attached hydrogen (secondary N) is 1. The molecule has 0 saturated heterocycles. The van der Waals surface area contributed by atoms with Crippen molar-refractivity contribution in [2.75, 3.05) is 0 Å². The molecule has 0 aliphatic heterocycles. The van der Waals surface area contributed by atoms with Crippen LogP contribution in [0, 0.1) is 12.3 Å². The third-order valence-electron chi connectivity index (χ3n) is 1.34. The minimum absolute atomic E-state index is 0.187. The van der Waals surface area contributed by atoms with Crippen molar-refractivity contribution in [1.29, 1.82) is 0 Å². The molecule has 3 N–H and O–H groups in total. The van der Waals surface area contributed by atoms with Gasteiger partial charge in [0.05, 0.1) is 12.1 Å². The van der Waals surface area contributed by atoms with Crippen LogP contribution in [0.4, 0.5) is 0 Å². The van der Waals surface area contributed by atoms with Crippen LogP contribution in [0.3, 0.4) is 0 Å². The van der Waals surface area contributed by atoms with Gasteiger partial charge < -0.3 is 11.1 Å². The molecular formula is C8H14N2O. The van der Waals surface area contributed by atoms with Gasteiger partial charge in [-0.25, -0.2) is 0 Å². The molecule has 0 saturated carbocycles. The van der Waals surface area contributed by atoms with Crippen LogP contribution in [-0.2, 0) is 4.79 Å². The maximum absolute atomic E-state index is 10.9. The van der Waals surface area contributed by atoms with Crippen molar-refractivity contribution in [3.63, 3.8) is 0 Å². The summed E-state index contributed by atoms with van der Waals surface area (Å²) in [6.07, 6.45) is 5.86. The molecule has 3 nitrogen and oxygen atoms in total. The van der Waals surface area contributed by atoms with E-state index in [4.69, 9.17) is 12.2 Å². The summed E-state index contributed by atoms with van der Waals surface area (Å²) in [7, 11) is 0. The average molecular weight is 154 g/mol. The Morgan fingerprint density at radius 3 is 2.64 bits per heavy atom. The second-order valence-corrected chi connectivity index (χ2v) is 2.42. The molecule has 1 amide bonds. The zero-order valence-corrected chi connectivity index (χ0v) is 6.92. The molecule has 11 heavy (non-hydrogen) atoms. The Labute approximate surface area is 67.3 Å². The van der Waals surface area contributed by atoms with Gasteiger partial charge in [-0.1, -0.05) is 12.8 Å². The van der Waals surface area contributed by atoms with Crippen molar-refractivity contribution in [3.8, 4) is 12.3 Å². The highest BCUT2D eigenvalue weighted by molar-refractivity contribution is 5.81. The molecule has 0 rings (SSSR count). The largest absolute Gasteiger partial charge is 0.341 e. The van der Waals surface area contributed by atoms with Crippen LogP contribution in [-0.4, -0.2) is 18.0 Å². The zero-order valence-electron chi connectivity index (χ0n) is 6.92. The quantitative estimate of drug-likeness (QED) is 0.556. The molecule has 0 radical (unpaired) electrons. The zero-order chi connectivity index (χ0) is 8.85. The predicted octanol–water partition coefficient (Wildman–Crippen LogP) is -0.138. The minimum atomic E-state index is -0.489. The monoisotopic (exact) mass is 154 g/mol. The molecule has 0 aromatic heterocycles. The van der Waals surface area contributed by atoms with Gasteiger partial charge in [-0.05, 0) is 13.3 Å². The van der Waals surface area contributed by atoms with Crippen LogP contribution < -0.4 is 11.1 Å². The highest BCUT2D eigenvalue weighted by Crippen LogP contribution is 1.88. The van der Waals surface area contributed by atoms with Gasteiger partial charge in [0, 0.05) is 0 Å². The van der Waals surface area contributed by atoms with Gasteiger partial charge in [0.15, 0.2) is 0 Å². The average Bonchev–Trinajstić information content (AvgIpc) is 1.99. The van der Waals surface area contributed by atoms with Gasteiger partial charge in [-0.3, -0.25) is 4.79 Å². The summed E-state index contributed by atoms with van der Waals surface area (Å²) in [5.41, 5.74) is 5.31. The van der Waals surface area contributed by atoms with E-state index >= 15 is 0 Å². The first-order valence-corrected chi connectivity index (χ1v) is 3.63. The summed E-state index contributed by atoms with van der Waals surface area (Å²) in [6, 6.07) is -0.675. The van der Waals surface area contributed by atoms with E-state index in [1.165, 1.54) is 0 Å². The summed E-state index contributed by atoms with van der Waals surface area (Å²) in [5, 5.41) is 2.62. The van der Waals surface area contributed by atoms with Crippen LogP contribution >= 0.6 is 0 Å². The Balaban J connectivity index is 3.84. The maximum atomic E-state index is 10.9. The third kappa shape index (κ3) is 3.64. The van der Waals surface area contributed by atoms with E-state index in [0.717, 1.165) is 6.42 Å². The van der Waals surface area contributed by atoms with Crippen LogP contribution in [0.1, 0.15) is 20.3 Å². The van der Waals surface area contributed by atoms with Crippen molar-refractivity contribution in [1.82, 2.24) is 5.32 Å². The fraction of sp³-hybridized carbons (Fsp3) is 0.625. The molecule has 0 bridgehead atoms. The molecule has 2 unspecified atom stereocenters. The summed E-state index contributed by atoms with van der Waals surface area (Å²) in [5.74, 6) is 2.25. The topological polar surface area (TPSA) is 55.1 Å². The first-order chi connectivity index (χ1) is 5.11. The summed E-state index contributed by atoms with van der Waals surface area (Å²) < 4.78 is 0. The molecular weight excluding hydrogens is 140 g/mol. The van der Waals surface area contributed by atoms with E-state index in [1.807, 2.05) is 6.92 Å². The summed E-state index contributed by atoms with van der Waals surface area (Å²) in [4.78, 5) is 10.9. The molecule has 0 fully saturated rings. The Morgan fingerprint density at radius 1 is 1.82 bits per heavy atom. The van der Waals surface area contributed by atoms with E-state index < -0.39 is 6.04 Å². The first-order valence-electron chi connectivity index (χ1n) is 3.63. The van der Waals surface area contributed by atoms with Crippen molar-refractivity contribution in [2.45, 2.75) is 32.4 Å². The number of hydrogen-bond donors (Lipinski definition) is 2. The molecule has 0 aliphatic rings. The van der Waals surface area contributed by atoms with Crippen molar-refractivity contribution in [2.24, 2.45) is 5.73 Å². The van der Waals surface area contributed by atoms with E-state index in [9.17, 15) is 4.79 Å². The van der Waals surface area contributed by atoms with Crippen LogP contribution in [0.2, 0.25) is 0 Å². The van der Waals surface area contributed by atoms with Crippen molar-refractivity contribution >= 4 is 5.91 Å². The van der Waals surface area contributed by atoms with E-state index in [1.54, 1.807) is 6.92 Å². The van der Waals surface area contributed by atoms with E-state index in [-0.39, 0.29) is 11.9 Å². The Kier molecular flexibility index (Phi) is 4.32. The third-order valence-corrected chi connectivity index (χ3v) is 1.34. The molecule has 2 atom stereocenters. The normalized spacial score (nSPS) is 14.7. The van der Waals surface area contributed by atoms with E-state index in [2.05, 4.69) is 11.2 Å². The lowest BCUT2D eigenvalue weighted by Gasteiger charge is -2.12. The SMILES string of the molecule is C#CC(CC)NC(=O)C(C)N. The fourth-order valence-electron chi connectivity index (χ4n) is 0.565. The van der Waals surface area contributed by atoms with Crippen molar-refractivity contribution < 1.29 is 4.79 Å². The number of amides is 1. The number of carbonyl (C=O) groups is 1. The highest BCUT2D eigenvalue weighted by Gasteiger charge is 2.10. The highest BCUT2D eigenvalue weighted by atomic mass is 16.2. The molecule has 3 heteroatoms. The number of hydrogen-bond acceptors (Lipinski definition) is 2. The van der Waals surface area contributed by atoms with Crippen LogP contribution in [0.25, 0.3) is 0 Å². The summed E-state index contributed by atoms with van der Waals surface area (Å²) in [6.45, 7) is 3.53. The predicted molar refractivity (Wildman–Crippen MR) is 44.7 cm³/mol. The Hall–Kier alpha value is -1.01. The smallest absolute Gasteiger partial charge is 0.237 e. The van der Waals surface area contributed by atoms with Gasteiger partial charge in [0.25, 0.3) is 0 Å². The van der Waals surface area contributed by atoms with Crippen LogP contribution in [0.5, 0.6) is 0 Å². The Bertz CT molecular complexity index is 169. The molecule has 62 valence electrons.